The molecule has 2 rings (SSSR count). The van der Waals surface area contributed by atoms with Gasteiger partial charge in [0, 0.05) is 17.5 Å². The van der Waals surface area contributed by atoms with E-state index in [0.717, 1.165) is 6.08 Å². The van der Waals surface area contributed by atoms with Gasteiger partial charge in [0.2, 0.25) is 0 Å². The second kappa shape index (κ2) is 8.43. The highest BCUT2D eigenvalue weighted by Gasteiger charge is 2.38. The van der Waals surface area contributed by atoms with Gasteiger partial charge >= 0.3 is 11.9 Å². The zero-order valence-electron chi connectivity index (χ0n) is 13.3. The number of hydroxylamine groups is 2. The molecule has 0 atom stereocenters. The lowest BCUT2D eigenvalue weighted by atomic mass is 10.1. The summed E-state index contributed by atoms with van der Waals surface area (Å²) in [5.41, 5.74) is 0.251. The third kappa shape index (κ3) is 4.67. The summed E-state index contributed by atoms with van der Waals surface area (Å²) in [5, 5.41) is 0.764. The Morgan fingerprint density at radius 1 is 1.12 bits per heavy atom. The van der Waals surface area contributed by atoms with Crippen molar-refractivity contribution in [3.63, 3.8) is 0 Å². The van der Waals surface area contributed by atoms with Gasteiger partial charge in [0.25, 0.3) is 11.8 Å². The normalized spacial score (nSPS) is 12.8. The summed E-state index contributed by atoms with van der Waals surface area (Å²) in [6.45, 7) is 3.51. The number of nitrogens with zero attached hydrogens (tertiary/aromatic N) is 1. The van der Waals surface area contributed by atoms with E-state index in [-0.39, 0.29) is 24.2 Å². The summed E-state index contributed by atoms with van der Waals surface area (Å²) in [7, 11) is 0. The monoisotopic (exact) mass is 365 g/mol. The lowest BCUT2D eigenvalue weighted by Crippen LogP contribution is -2.32. The summed E-state index contributed by atoms with van der Waals surface area (Å²) in [5.74, 6) is -2.60. The summed E-state index contributed by atoms with van der Waals surface area (Å²) in [6.07, 6.45) is 2.78. The Hall–Kier alpha value is -2.67. The van der Waals surface area contributed by atoms with Gasteiger partial charge < -0.3 is 9.57 Å². The Morgan fingerprint density at radius 2 is 1.84 bits per heavy atom. The number of unbranched alkanes of at least 4 members (excludes halogenated alkanes) is 2. The molecule has 0 saturated carbocycles. The van der Waals surface area contributed by atoms with Crippen LogP contribution in [0.2, 0.25) is 5.02 Å². The molecule has 2 amide bonds. The molecule has 0 unspecified atom stereocenters. The van der Waals surface area contributed by atoms with Crippen molar-refractivity contribution in [1.29, 1.82) is 0 Å². The number of fused-ring (bicyclic) bond motifs is 1. The Morgan fingerprint density at radius 3 is 2.56 bits per heavy atom. The highest BCUT2D eigenvalue weighted by Crippen LogP contribution is 2.26. The van der Waals surface area contributed by atoms with Crippen molar-refractivity contribution < 1.29 is 28.8 Å². The van der Waals surface area contributed by atoms with Crippen molar-refractivity contribution in [3.05, 3.63) is 47.0 Å². The van der Waals surface area contributed by atoms with Crippen LogP contribution in [0.3, 0.4) is 0 Å². The first kappa shape index (κ1) is 18.7. The number of rotatable bonds is 8. The Balaban J connectivity index is 1.76. The molecule has 132 valence electrons. The minimum Gasteiger partial charge on any atom is -0.463 e. The van der Waals surface area contributed by atoms with E-state index in [1.54, 1.807) is 0 Å². The zero-order chi connectivity index (χ0) is 18.4. The molecule has 1 aromatic rings. The topological polar surface area (TPSA) is 90.0 Å². The standard InChI is InChI=1S/C17H16ClNO6/c1-2-14(20)24-9-5-3-4-6-15(21)25-19-16(22)12-8-7-11(18)10-13(12)17(19)23/h2,7-8,10H,1,3-6,9H2. The number of hydrogen-bond donors (Lipinski definition) is 0. The Labute approximate surface area is 149 Å². The molecule has 0 N–H and O–H groups in total. The van der Waals surface area contributed by atoms with E-state index in [4.69, 9.17) is 21.2 Å². The van der Waals surface area contributed by atoms with Gasteiger partial charge in [-0.05, 0) is 37.5 Å². The summed E-state index contributed by atoms with van der Waals surface area (Å²) in [6, 6.07) is 4.25. The average Bonchev–Trinajstić information content (AvgIpc) is 2.82. The predicted octanol–water partition coefficient (Wildman–Crippen LogP) is 2.68. The number of carbonyl (C=O) groups excluding carboxylic acids is 4. The fourth-order valence-electron chi connectivity index (χ4n) is 2.20. The van der Waals surface area contributed by atoms with Crippen molar-refractivity contribution in [2.75, 3.05) is 6.61 Å². The number of esters is 1. The third-order valence-electron chi connectivity index (χ3n) is 3.44. The van der Waals surface area contributed by atoms with E-state index in [0.29, 0.717) is 29.3 Å². The maximum absolute atomic E-state index is 12.1. The van der Waals surface area contributed by atoms with Crippen molar-refractivity contribution in [3.8, 4) is 0 Å². The van der Waals surface area contributed by atoms with E-state index in [1.807, 2.05) is 0 Å². The second-order valence-electron chi connectivity index (χ2n) is 5.24. The van der Waals surface area contributed by atoms with Crippen molar-refractivity contribution in [1.82, 2.24) is 5.06 Å². The van der Waals surface area contributed by atoms with Crippen molar-refractivity contribution in [2.45, 2.75) is 25.7 Å². The molecule has 0 bridgehead atoms. The highest BCUT2D eigenvalue weighted by molar-refractivity contribution is 6.32. The first-order valence-corrected chi connectivity index (χ1v) is 8.00. The number of imide groups is 1. The number of benzene rings is 1. The third-order valence-corrected chi connectivity index (χ3v) is 3.68. The van der Waals surface area contributed by atoms with Crippen LogP contribution < -0.4 is 0 Å². The molecule has 1 heterocycles. The van der Waals surface area contributed by atoms with E-state index in [2.05, 4.69) is 6.58 Å². The maximum atomic E-state index is 12.1. The van der Waals surface area contributed by atoms with Crippen LogP contribution in [0, 0.1) is 0 Å². The summed E-state index contributed by atoms with van der Waals surface area (Å²) in [4.78, 5) is 51.7. The molecule has 1 aromatic carbocycles. The van der Waals surface area contributed by atoms with E-state index in [9.17, 15) is 19.2 Å². The van der Waals surface area contributed by atoms with Crippen LogP contribution in [0.25, 0.3) is 0 Å². The fourth-order valence-corrected chi connectivity index (χ4v) is 2.37. The number of carbonyl (C=O) groups is 4. The van der Waals surface area contributed by atoms with Gasteiger partial charge in [0.1, 0.15) is 0 Å². The number of amides is 2. The van der Waals surface area contributed by atoms with Crippen LogP contribution in [0.4, 0.5) is 0 Å². The van der Waals surface area contributed by atoms with E-state index < -0.39 is 23.8 Å². The minimum absolute atomic E-state index is 0.0313. The fraction of sp³-hybridized carbons (Fsp3) is 0.294. The van der Waals surface area contributed by atoms with E-state index in [1.165, 1.54) is 18.2 Å². The number of halogens is 1. The molecule has 1 aliphatic rings. The number of ether oxygens (including phenoxy) is 1. The average molecular weight is 366 g/mol. The van der Waals surface area contributed by atoms with Crippen LogP contribution in [-0.2, 0) is 19.2 Å². The highest BCUT2D eigenvalue weighted by atomic mass is 35.5. The molecule has 7 nitrogen and oxygen atoms in total. The zero-order valence-corrected chi connectivity index (χ0v) is 14.1. The smallest absolute Gasteiger partial charge is 0.333 e. The molecule has 8 heteroatoms. The predicted molar refractivity (Wildman–Crippen MR) is 87.7 cm³/mol. The Bertz CT molecular complexity index is 730. The molecule has 0 fully saturated rings. The quantitative estimate of drug-likeness (QED) is 0.304. The molecular formula is C17H16ClNO6. The molecule has 0 radical (unpaired) electrons. The molecule has 25 heavy (non-hydrogen) atoms. The maximum Gasteiger partial charge on any atom is 0.333 e. The molecule has 0 aromatic heterocycles. The Kier molecular flexibility index (Phi) is 6.30. The van der Waals surface area contributed by atoms with Gasteiger partial charge in [-0.15, -0.1) is 0 Å². The molecule has 0 aliphatic carbocycles. The molecular weight excluding hydrogens is 350 g/mol. The molecule has 0 saturated heterocycles. The van der Waals surface area contributed by atoms with Gasteiger partial charge in [-0.1, -0.05) is 23.2 Å². The molecule has 1 aliphatic heterocycles. The van der Waals surface area contributed by atoms with Gasteiger partial charge in [0.15, 0.2) is 0 Å². The number of hydrogen-bond acceptors (Lipinski definition) is 6. The summed E-state index contributed by atoms with van der Waals surface area (Å²) >= 11 is 5.80. The minimum atomic E-state index is -0.716. The van der Waals surface area contributed by atoms with Crippen molar-refractivity contribution >= 4 is 35.4 Å². The van der Waals surface area contributed by atoms with Crippen LogP contribution in [0.1, 0.15) is 46.4 Å². The van der Waals surface area contributed by atoms with E-state index >= 15 is 0 Å². The first-order chi connectivity index (χ1) is 11.9. The van der Waals surface area contributed by atoms with Gasteiger partial charge in [-0.3, -0.25) is 9.59 Å². The van der Waals surface area contributed by atoms with Gasteiger partial charge in [-0.25, -0.2) is 9.59 Å². The van der Waals surface area contributed by atoms with Crippen molar-refractivity contribution in [2.24, 2.45) is 0 Å². The van der Waals surface area contributed by atoms with Crippen LogP contribution in [0.5, 0.6) is 0 Å². The lowest BCUT2D eigenvalue weighted by Gasteiger charge is -2.12. The first-order valence-electron chi connectivity index (χ1n) is 7.62. The van der Waals surface area contributed by atoms with Gasteiger partial charge in [0.05, 0.1) is 17.7 Å². The molecule has 0 spiro atoms. The lowest BCUT2D eigenvalue weighted by molar-refractivity contribution is -0.168. The SMILES string of the molecule is C=CC(=O)OCCCCCC(=O)ON1C(=O)c2ccc(Cl)cc2C1=O. The second-order valence-corrected chi connectivity index (χ2v) is 5.68. The van der Waals surface area contributed by atoms with Crippen LogP contribution in [0.15, 0.2) is 30.9 Å². The van der Waals surface area contributed by atoms with Crippen LogP contribution >= 0.6 is 11.6 Å². The summed E-state index contributed by atoms with van der Waals surface area (Å²) < 4.78 is 4.80. The largest absolute Gasteiger partial charge is 0.463 e. The van der Waals surface area contributed by atoms with Crippen LogP contribution in [-0.4, -0.2) is 35.4 Å². The van der Waals surface area contributed by atoms with Gasteiger partial charge in [-0.2, -0.15) is 0 Å².